The zero-order valence-electron chi connectivity index (χ0n) is 9.86. The van der Waals surface area contributed by atoms with Gasteiger partial charge in [0.1, 0.15) is 0 Å². The van der Waals surface area contributed by atoms with Crippen molar-refractivity contribution < 1.29 is 10.2 Å². The first-order chi connectivity index (χ1) is 7.27. The number of aliphatic hydroxyl groups excluding tert-OH is 2. The summed E-state index contributed by atoms with van der Waals surface area (Å²) in [5.41, 5.74) is 0. The van der Waals surface area contributed by atoms with E-state index in [-0.39, 0.29) is 12.7 Å². The Bertz CT molecular complexity index is 164. The first-order valence-electron chi connectivity index (χ1n) is 6.29. The molecule has 2 unspecified atom stereocenters. The third-order valence-electron chi connectivity index (χ3n) is 3.48. The van der Waals surface area contributed by atoms with Crippen molar-refractivity contribution in [1.29, 1.82) is 0 Å². The zero-order chi connectivity index (χ0) is 11.1. The number of nitrogens with zero attached hydrogens (tertiary/aromatic N) is 1. The molecule has 1 aliphatic rings. The van der Waals surface area contributed by atoms with Crippen LogP contribution in [0.1, 0.15) is 39.0 Å². The fourth-order valence-electron chi connectivity index (χ4n) is 2.43. The maximum absolute atomic E-state index is 9.97. The molecule has 0 radical (unpaired) electrons. The second-order valence-electron chi connectivity index (χ2n) is 4.58. The van der Waals surface area contributed by atoms with E-state index < -0.39 is 0 Å². The quantitative estimate of drug-likeness (QED) is 0.678. The van der Waals surface area contributed by atoms with Crippen molar-refractivity contribution in [3.05, 3.63) is 0 Å². The van der Waals surface area contributed by atoms with Gasteiger partial charge in [0, 0.05) is 13.1 Å². The Kier molecular flexibility index (Phi) is 6.22. The van der Waals surface area contributed by atoms with E-state index in [0.717, 1.165) is 32.5 Å². The second kappa shape index (κ2) is 7.20. The third-order valence-corrected chi connectivity index (χ3v) is 3.48. The van der Waals surface area contributed by atoms with Gasteiger partial charge in [0.05, 0.1) is 12.7 Å². The van der Waals surface area contributed by atoms with Gasteiger partial charge in [0.2, 0.25) is 0 Å². The van der Waals surface area contributed by atoms with Crippen LogP contribution in [-0.2, 0) is 0 Å². The van der Waals surface area contributed by atoms with Gasteiger partial charge < -0.3 is 15.1 Å². The summed E-state index contributed by atoms with van der Waals surface area (Å²) < 4.78 is 0. The van der Waals surface area contributed by atoms with Crippen molar-refractivity contribution >= 4 is 0 Å². The molecule has 1 rings (SSSR count). The molecular weight excluding hydrogens is 190 g/mol. The van der Waals surface area contributed by atoms with Crippen molar-refractivity contribution in [3.8, 4) is 0 Å². The van der Waals surface area contributed by atoms with Crippen LogP contribution in [0.4, 0.5) is 0 Å². The summed E-state index contributed by atoms with van der Waals surface area (Å²) in [7, 11) is 0. The fraction of sp³-hybridized carbons (Fsp3) is 1.00. The van der Waals surface area contributed by atoms with Crippen LogP contribution in [0, 0.1) is 5.92 Å². The summed E-state index contributed by atoms with van der Waals surface area (Å²) in [6.07, 6.45) is 5.66. The topological polar surface area (TPSA) is 43.7 Å². The molecule has 0 aromatic heterocycles. The lowest BCUT2D eigenvalue weighted by molar-refractivity contribution is 0.0696. The number of hydrogen-bond acceptors (Lipinski definition) is 3. The monoisotopic (exact) mass is 215 g/mol. The lowest BCUT2D eigenvalue weighted by atomic mass is 9.96. The molecule has 90 valence electrons. The van der Waals surface area contributed by atoms with E-state index in [4.69, 9.17) is 5.11 Å². The van der Waals surface area contributed by atoms with E-state index in [1.165, 1.54) is 19.3 Å². The van der Waals surface area contributed by atoms with E-state index in [2.05, 4.69) is 11.8 Å². The maximum Gasteiger partial charge on any atom is 0.0580 e. The van der Waals surface area contributed by atoms with E-state index in [1.807, 2.05) is 0 Å². The summed E-state index contributed by atoms with van der Waals surface area (Å²) in [5.74, 6) is 0.416. The molecule has 0 aliphatic heterocycles. The highest BCUT2D eigenvalue weighted by Crippen LogP contribution is 2.24. The van der Waals surface area contributed by atoms with Crippen LogP contribution in [0.15, 0.2) is 0 Å². The largest absolute Gasteiger partial charge is 0.395 e. The molecule has 0 bridgehead atoms. The Balaban J connectivity index is 2.38. The fourth-order valence-corrected chi connectivity index (χ4v) is 2.43. The third kappa shape index (κ3) is 4.49. The average Bonchev–Trinajstić information content (AvgIpc) is 2.43. The number of aliphatic hydroxyl groups is 2. The first kappa shape index (κ1) is 12.9. The SMILES string of the molecule is CCN(CCO)CC1CCCCCC1O. The average molecular weight is 215 g/mol. The van der Waals surface area contributed by atoms with Crippen LogP contribution in [0.2, 0.25) is 0 Å². The van der Waals surface area contributed by atoms with Gasteiger partial charge in [-0.2, -0.15) is 0 Å². The molecule has 2 atom stereocenters. The van der Waals surface area contributed by atoms with Crippen molar-refractivity contribution in [2.75, 3.05) is 26.2 Å². The summed E-state index contributed by atoms with van der Waals surface area (Å²) >= 11 is 0. The van der Waals surface area contributed by atoms with Crippen LogP contribution >= 0.6 is 0 Å². The van der Waals surface area contributed by atoms with Crippen molar-refractivity contribution in [2.24, 2.45) is 5.92 Å². The molecule has 0 saturated heterocycles. The van der Waals surface area contributed by atoms with Crippen LogP contribution in [0.3, 0.4) is 0 Å². The van der Waals surface area contributed by atoms with E-state index in [0.29, 0.717) is 5.92 Å². The molecule has 1 fully saturated rings. The summed E-state index contributed by atoms with van der Waals surface area (Å²) in [5, 5.41) is 18.9. The number of likely N-dealkylation sites (N-methyl/N-ethyl adjacent to an activating group) is 1. The molecule has 15 heavy (non-hydrogen) atoms. The minimum absolute atomic E-state index is 0.125. The highest BCUT2D eigenvalue weighted by Gasteiger charge is 2.23. The van der Waals surface area contributed by atoms with Crippen LogP contribution in [0.25, 0.3) is 0 Å². The van der Waals surface area contributed by atoms with Gasteiger partial charge in [-0.25, -0.2) is 0 Å². The zero-order valence-corrected chi connectivity index (χ0v) is 9.86. The molecule has 1 saturated carbocycles. The van der Waals surface area contributed by atoms with E-state index in [9.17, 15) is 5.11 Å². The molecule has 0 spiro atoms. The molecule has 1 aliphatic carbocycles. The normalized spacial score (nSPS) is 28.0. The van der Waals surface area contributed by atoms with Gasteiger partial charge in [0.15, 0.2) is 0 Å². The van der Waals surface area contributed by atoms with Crippen molar-refractivity contribution in [3.63, 3.8) is 0 Å². The Morgan fingerprint density at radius 2 is 1.93 bits per heavy atom. The lowest BCUT2D eigenvalue weighted by Crippen LogP contribution is -2.36. The van der Waals surface area contributed by atoms with Gasteiger partial charge in [-0.15, -0.1) is 0 Å². The van der Waals surface area contributed by atoms with Gasteiger partial charge >= 0.3 is 0 Å². The van der Waals surface area contributed by atoms with E-state index in [1.54, 1.807) is 0 Å². The van der Waals surface area contributed by atoms with Crippen molar-refractivity contribution in [2.45, 2.75) is 45.1 Å². The van der Waals surface area contributed by atoms with Gasteiger partial charge in [-0.05, 0) is 25.3 Å². The molecule has 0 aromatic rings. The number of hydrogen-bond donors (Lipinski definition) is 2. The maximum atomic E-state index is 9.97. The lowest BCUT2D eigenvalue weighted by Gasteiger charge is -2.27. The molecular formula is C12H25NO2. The summed E-state index contributed by atoms with van der Waals surface area (Å²) in [6.45, 7) is 4.97. The minimum atomic E-state index is -0.125. The van der Waals surface area contributed by atoms with Gasteiger partial charge in [0.25, 0.3) is 0 Å². The Hall–Kier alpha value is -0.120. The first-order valence-corrected chi connectivity index (χ1v) is 6.29. The predicted octanol–water partition coefficient (Wildman–Crippen LogP) is 1.24. The Morgan fingerprint density at radius 3 is 2.60 bits per heavy atom. The highest BCUT2D eigenvalue weighted by atomic mass is 16.3. The smallest absolute Gasteiger partial charge is 0.0580 e. The summed E-state index contributed by atoms with van der Waals surface area (Å²) in [6, 6.07) is 0. The highest BCUT2D eigenvalue weighted by molar-refractivity contribution is 4.76. The van der Waals surface area contributed by atoms with Gasteiger partial charge in [-0.3, -0.25) is 0 Å². The summed E-state index contributed by atoms with van der Waals surface area (Å²) in [4.78, 5) is 2.24. The van der Waals surface area contributed by atoms with Crippen LogP contribution in [0.5, 0.6) is 0 Å². The molecule has 3 nitrogen and oxygen atoms in total. The van der Waals surface area contributed by atoms with Crippen molar-refractivity contribution in [1.82, 2.24) is 4.90 Å². The number of rotatable bonds is 5. The Morgan fingerprint density at radius 1 is 1.20 bits per heavy atom. The molecule has 2 N–H and O–H groups in total. The predicted molar refractivity (Wildman–Crippen MR) is 61.8 cm³/mol. The molecule has 0 amide bonds. The van der Waals surface area contributed by atoms with Crippen LogP contribution < -0.4 is 0 Å². The minimum Gasteiger partial charge on any atom is -0.395 e. The van der Waals surface area contributed by atoms with E-state index >= 15 is 0 Å². The Labute approximate surface area is 93.1 Å². The van der Waals surface area contributed by atoms with Gasteiger partial charge in [-0.1, -0.05) is 26.2 Å². The molecule has 0 aromatic carbocycles. The molecule has 0 heterocycles. The molecule has 3 heteroatoms. The van der Waals surface area contributed by atoms with Crippen LogP contribution in [-0.4, -0.2) is 47.5 Å². The second-order valence-corrected chi connectivity index (χ2v) is 4.58. The standard InChI is InChI=1S/C12H25NO2/c1-2-13(8-9-14)10-11-6-4-3-5-7-12(11)15/h11-12,14-15H,2-10H2,1H3.